The van der Waals surface area contributed by atoms with Gasteiger partial charge in [0.05, 0.1) is 11.4 Å². The van der Waals surface area contributed by atoms with Crippen molar-refractivity contribution in [3.8, 4) is 0 Å². The lowest BCUT2D eigenvalue weighted by Crippen LogP contribution is -2.47. The Morgan fingerprint density at radius 3 is 2.33 bits per heavy atom. The molecular formula is C13H20BrN3O3S. The maximum absolute atomic E-state index is 12.3. The van der Waals surface area contributed by atoms with Crippen LogP contribution in [0.25, 0.3) is 0 Å². The maximum Gasteiger partial charge on any atom is 0.243 e. The molecule has 118 valence electrons. The number of hydrogen-bond donors (Lipinski definition) is 2. The van der Waals surface area contributed by atoms with Crippen molar-refractivity contribution in [2.75, 3.05) is 20.1 Å². The van der Waals surface area contributed by atoms with Crippen LogP contribution in [0.15, 0.2) is 33.6 Å². The Hall–Kier alpha value is -0.960. The first kappa shape index (κ1) is 18.1. The van der Waals surface area contributed by atoms with Gasteiger partial charge in [0, 0.05) is 23.6 Å². The van der Waals surface area contributed by atoms with Crippen molar-refractivity contribution in [1.29, 1.82) is 0 Å². The second kappa shape index (κ2) is 6.87. The summed E-state index contributed by atoms with van der Waals surface area (Å²) in [6, 6.07) is 6.24. The van der Waals surface area contributed by atoms with Gasteiger partial charge in [-0.1, -0.05) is 15.9 Å². The Bertz CT molecular complexity index is 594. The molecule has 1 aromatic carbocycles. The molecule has 0 aliphatic carbocycles. The van der Waals surface area contributed by atoms with E-state index in [1.165, 1.54) is 19.2 Å². The number of carbonyl (C=O) groups is 1. The molecule has 1 aromatic rings. The zero-order valence-electron chi connectivity index (χ0n) is 12.3. The van der Waals surface area contributed by atoms with Gasteiger partial charge in [0.15, 0.2) is 0 Å². The summed E-state index contributed by atoms with van der Waals surface area (Å²) in [5.74, 6) is -0.392. The zero-order chi connectivity index (χ0) is 16.3. The van der Waals surface area contributed by atoms with E-state index >= 15 is 0 Å². The molecule has 8 heteroatoms. The van der Waals surface area contributed by atoms with Crippen molar-refractivity contribution in [3.05, 3.63) is 28.7 Å². The van der Waals surface area contributed by atoms with Crippen molar-refractivity contribution in [2.45, 2.75) is 24.3 Å². The third-order valence-corrected chi connectivity index (χ3v) is 4.98. The summed E-state index contributed by atoms with van der Waals surface area (Å²) in [7, 11) is -2.32. The van der Waals surface area contributed by atoms with Crippen molar-refractivity contribution in [3.63, 3.8) is 0 Å². The van der Waals surface area contributed by atoms with Gasteiger partial charge in [0.2, 0.25) is 15.9 Å². The summed E-state index contributed by atoms with van der Waals surface area (Å²) in [6.07, 6.45) is 0. The standard InChI is InChI=1S/C13H20BrN3O3S/c1-13(2,15)9-16-12(18)8-17(3)21(19,20)11-6-4-10(14)5-7-11/h4-7H,8-9,15H2,1-3H3,(H,16,18). The number of amides is 1. The molecule has 0 heterocycles. The van der Waals surface area contributed by atoms with Crippen molar-refractivity contribution < 1.29 is 13.2 Å². The first-order valence-corrected chi connectivity index (χ1v) is 8.53. The second-order valence-corrected chi connectivity index (χ2v) is 8.44. The molecule has 1 amide bonds. The summed E-state index contributed by atoms with van der Waals surface area (Å²) in [6.45, 7) is 3.57. The van der Waals surface area contributed by atoms with E-state index in [9.17, 15) is 13.2 Å². The van der Waals surface area contributed by atoms with E-state index in [0.717, 1.165) is 8.78 Å². The fourth-order valence-electron chi connectivity index (χ4n) is 1.46. The molecule has 0 unspecified atom stereocenters. The zero-order valence-corrected chi connectivity index (χ0v) is 14.7. The highest BCUT2D eigenvalue weighted by atomic mass is 79.9. The summed E-state index contributed by atoms with van der Waals surface area (Å²) >= 11 is 3.24. The van der Waals surface area contributed by atoms with Crippen molar-refractivity contribution >= 4 is 31.9 Å². The molecule has 0 aliphatic rings. The topological polar surface area (TPSA) is 92.5 Å². The van der Waals surface area contributed by atoms with Crippen LogP contribution >= 0.6 is 15.9 Å². The number of halogens is 1. The lowest BCUT2D eigenvalue weighted by atomic mass is 10.1. The number of rotatable bonds is 6. The predicted octanol–water partition coefficient (Wildman–Crippen LogP) is 0.923. The average molecular weight is 378 g/mol. The van der Waals surface area contributed by atoms with Crippen LogP contribution in [0.2, 0.25) is 0 Å². The SMILES string of the molecule is CN(CC(=O)NCC(C)(C)N)S(=O)(=O)c1ccc(Br)cc1. The molecule has 0 aromatic heterocycles. The molecule has 3 N–H and O–H groups in total. The number of benzene rings is 1. The van der Waals surface area contributed by atoms with Crippen LogP contribution in [0.4, 0.5) is 0 Å². The molecular weight excluding hydrogens is 358 g/mol. The predicted molar refractivity (Wildman–Crippen MR) is 85.2 cm³/mol. The smallest absolute Gasteiger partial charge is 0.243 e. The lowest BCUT2D eigenvalue weighted by molar-refractivity contribution is -0.121. The highest BCUT2D eigenvalue weighted by molar-refractivity contribution is 9.10. The van der Waals surface area contributed by atoms with Gasteiger partial charge in [-0.05, 0) is 38.1 Å². The minimum absolute atomic E-state index is 0.139. The molecule has 0 aliphatic heterocycles. The molecule has 6 nitrogen and oxygen atoms in total. The lowest BCUT2D eigenvalue weighted by Gasteiger charge is -2.21. The number of carbonyl (C=O) groups excluding carboxylic acids is 1. The fourth-order valence-corrected chi connectivity index (χ4v) is 2.85. The maximum atomic E-state index is 12.3. The van der Waals surface area contributed by atoms with Crippen molar-refractivity contribution in [2.24, 2.45) is 5.73 Å². The van der Waals surface area contributed by atoms with E-state index < -0.39 is 21.5 Å². The summed E-state index contributed by atoms with van der Waals surface area (Å²) < 4.78 is 26.4. The molecule has 0 bridgehead atoms. The van der Waals surface area contributed by atoms with E-state index in [1.807, 2.05) is 0 Å². The van der Waals surface area contributed by atoms with Crippen LogP contribution in [-0.4, -0.2) is 44.3 Å². The third-order valence-electron chi connectivity index (χ3n) is 2.63. The number of likely N-dealkylation sites (N-methyl/N-ethyl adjacent to an activating group) is 1. The summed E-state index contributed by atoms with van der Waals surface area (Å²) in [5, 5.41) is 2.61. The molecule has 0 fully saturated rings. The molecule has 0 spiro atoms. The molecule has 0 atom stereocenters. The number of sulfonamides is 1. The van der Waals surface area contributed by atoms with Crippen LogP contribution in [0.1, 0.15) is 13.8 Å². The van der Waals surface area contributed by atoms with Crippen LogP contribution < -0.4 is 11.1 Å². The van der Waals surface area contributed by atoms with Gasteiger partial charge in [-0.25, -0.2) is 8.42 Å². The van der Waals surface area contributed by atoms with E-state index in [2.05, 4.69) is 21.2 Å². The first-order chi connectivity index (χ1) is 9.52. The molecule has 0 saturated heterocycles. The van der Waals surface area contributed by atoms with Gasteiger partial charge in [-0.3, -0.25) is 4.79 Å². The largest absolute Gasteiger partial charge is 0.353 e. The minimum atomic E-state index is -3.68. The normalized spacial score (nSPS) is 12.5. The molecule has 0 radical (unpaired) electrons. The Kier molecular flexibility index (Phi) is 5.92. The fraction of sp³-hybridized carbons (Fsp3) is 0.462. The second-order valence-electron chi connectivity index (χ2n) is 5.48. The Morgan fingerprint density at radius 2 is 1.86 bits per heavy atom. The van der Waals surface area contributed by atoms with Gasteiger partial charge in [-0.15, -0.1) is 0 Å². The summed E-state index contributed by atoms with van der Waals surface area (Å²) in [5.41, 5.74) is 5.21. The van der Waals surface area contributed by atoms with E-state index in [1.54, 1.807) is 26.0 Å². The Morgan fingerprint density at radius 1 is 1.33 bits per heavy atom. The Labute approximate surface area is 133 Å². The van der Waals surface area contributed by atoms with E-state index in [4.69, 9.17) is 5.73 Å². The van der Waals surface area contributed by atoms with Gasteiger partial charge in [0.25, 0.3) is 0 Å². The van der Waals surface area contributed by atoms with E-state index in [0.29, 0.717) is 0 Å². The number of nitrogens with two attached hydrogens (primary N) is 1. The number of nitrogens with zero attached hydrogens (tertiary/aromatic N) is 1. The number of hydrogen-bond acceptors (Lipinski definition) is 4. The monoisotopic (exact) mass is 377 g/mol. The van der Waals surface area contributed by atoms with Crippen LogP contribution in [0.3, 0.4) is 0 Å². The molecule has 21 heavy (non-hydrogen) atoms. The van der Waals surface area contributed by atoms with Crippen LogP contribution in [0, 0.1) is 0 Å². The Balaban J connectivity index is 2.72. The van der Waals surface area contributed by atoms with E-state index in [-0.39, 0.29) is 18.0 Å². The van der Waals surface area contributed by atoms with Crippen LogP contribution in [-0.2, 0) is 14.8 Å². The highest BCUT2D eigenvalue weighted by Gasteiger charge is 2.23. The third kappa shape index (κ3) is 5.74. The first-order valence-electron chi connectivity index (χ1n) is 6.30. The van der Waals surface area contributed by atoms with Gasteiger partial charge >= 0.3 is 0 Å². The summed E-state index contributed by atoms with van der Waals surface area (Å²) in [4.78, 5) is 11.9. The van der Waals surface area contributed by atoms with Crippen molar-refractivity contribution in [1.82, 2.24) is 9.62 Å². The molecule has 0 saturated carbocycles. The van der Waals surface area contributed by atoms with Gasteiger partial charge < -0.3 is 11.1 Å². The highest BCUT2D eigenvalue weighted by Crippen LogP contribution is 2.17. The molecule has 1 rings (SSSR count). The average Bonchev–Trinajstić information content (AvgIpc) is 2.36. The minimum Gasteiger partial charge on any atom is -0.353 e. The van der Waals surface area contributed by atoms with Crippen LogP contribution in [0.5, 0.6) is 0 Å². The van der Waals surface area contributed by atoms with Gasteiger partial charge in [-0.2, -0.15) is 4.31 Å². The number of nitrogens with one attached hydrogen (secondary N) is 1. The quantitative estimate of drug-likeness (QED) is 0.770. The van der Waals surface area contributed by atoms with Gasteiger partial charge in [0.1, 0.15) is 0 Å².